The van der Waals surface area contributed by atoms with Crippen LogP contribution in [-0.2, 0) is 11.4 Å². The summed E-state index contributed by atoms with van der Waals surface area (Å²) in [6.07, 6.45) is 4.20. The van der Waals surface area contributed by atoms with E-state index in [1.165, 1.54) is 24.8 Å². The van der Waals surface area contributed by atoms with Crippen LogP contribution in [0.15, 0.2) is 35.3 Å². The largest absolute Gasteiger partial charge is 0.591 e. The fourth-order valence-electron chi connectivity index (χ4n) is 1.80. The molecular weight excluding hydrogens is 320 g/mol. The lowest BCUT2D eigenvalue weighted by molar-refractivity contribution is 0.561. The molecule has 0 bridgehead atoms. The van der Waals surface area contributed by atoms with Crippen molar-refractivity contribution in [3.05, 3.63) is 48.1 Å². The number of halogens is 2. The maximum absolute atomic E-state index is 14.1. The molecule has 0 radical (unpaired) electrons. The normalized spacial score (nSPS) is 14.0. The Morgan fingerprint density at radius 3 is 2.30 bits per heavy atom. The topological polar surface area (TPSA) is 61.2 Å². The van der Waals surface area contributed by atoms with Crippen LogP contribution in [0.5, 0.6) is 0 Å². The molecular formula is C16H17F2N3OS. The number of hydrogen-bond acceptors (Lipinski definition) is 4. The van der Waals surface area contributed by atoms with Crippen LogP contribution < -0.4 is 0 Å². The van der Waals surface area contributed by atoms with Crippen LogP contribution in [0.25, 0.3) is 11.1 Å². The first-order chi connectivity index (χ1) is 10.7. The highest BCUT2D eigenvalue weighted by molar-refractivity contribution is 7.91. The lowest BCUT2D eigenvalue weighted by Gasteiger charge is -2.19. The van der Waals surface area contributed by atoms with Crippen molar-refractivity contribution in [2.45, 2.75) is 32.4 Å². The zero-order valence-corrected chi connectivity index (χ0v) is 14.1. The molecule has 0 spiro atoms. The van der Waals surface area contributed by atoms with E-state index in [0.29, 0.717) is 5.56 Å². The zero-order valence-electron chi connectivity index (χ0n) is 13.3. The third kappa shape index (κ3) is 4.11. The van der Waals surface area contributed by atoms with E-state index in [9.17, 15) is 13.3 Å². The molecule has 0 aliphatic rings. The van der Waals surface area contributed by atoms with Crippen LogP contribution in [0.4, 0.5) is 8.78 Å². The molecule has 1 aromatic carbocycles. The SMILES string of the molecule is C/C(=N/[S+]([O-])C(C)(C)C)c1cc(-c2cncnc2)c(F)cc1F. The Kier molecular flexibility index (Phi) is 5.11. The van der Waals surface area contributed by atoms with Crippen molar-refractivity contribution in [3.8, 4) is 11.1 Å². The van der Waals surface area contributed by atoms with Gasteiger partial charge in [0.25, 0.3) is 0 Å². The van der Waals surface area contributed by atoms with Crippen LogP contribution in [0.2, 0.25) is 0 Å². The number of hydrogen-bond donors (Lipinski definition) is 0. The lowest BCUT2D eigenvalue weighted by Crippen LogP contribution is -2.26. The van der Waals surface area contributed by atoms with Crippen molar-refractivity contribution in [3.63, 3.8) is 0 Å². The Morgan fingerprint density at radius 1 is 1.13 bits per heavy atom. The third-order valence-electron chi connectivity index (χ3n) is 3.06. The van der Waals surface area contributed by atoms with E-state index in [-0.39, 0.29) is 16.8 Å². The second-order valence-electron chi connectivity index (χ2n) is 5.98. The lowest BCUT2D eigenvalue weighted by atomic mass is 10.0. The van der Waals surface area contributed by atoms with Gasteiger partial charge in [0, 0.05) is 35.2 Å². The Morgan fingerprint density at radius 2 is 1.74 bits per heavy atom. The molecule has 2 rings (SSSR count). The molecule has 2 aromatic rings. The van der Waals surface area contributed by atoms with Gasteiger partial charge in [-0.25, -0.2) is 18.7 Å². The standard InChI is InChI=1S/C16H17F2N3OS/c1-10(21-23(22)16(2,3)4)12-5-13(15(18)6-14(12)17)11-7-19-9-20-8-11/h5-9H,1-4H3/b21-10-. The molecule has 7 heteroatoms. The molecule has 122 valence electrons. The maximum Gasteiger partial charge on any atom is 0.144 e. The summed E-state index contributed by atoms with van der Waals surface area (Å²) in [4.78, 5) is 7.66. The summed E-state index contributed by atoms with van der Waals surface area (Å²) in [6, 6.07) is 2.12. The maximum atomic E-state index is 14.1. The van der Waals surface area contributed by atoms with Gasteiger partial charge in [-0.15, -0.1) is 0 Å². The molecule has 0 aliphatic heterocycles. The molecule has 0 saturated carbocycles. The number of rotatable bonds is 3. The van der Waals surface area contributed by atoms with Crippen LogP contribution in [-0.4, -0.2) is 25.0 Å². The van der Waals surface area contributed by atoms with Gasteiger partial charge in [0.15, 0.2) is 0 Å². The number of aromatic nitrogens is 2. The van der Waals surface area contributed by atoms with Crippen molar-refractivity contribution in [2.24, 2.45) is 4.40 Å². The molecule has 0 saturated heterocycles. The van der Waals surface area contributed by atoms with Gasteiger partial charge in [-0.05, 0) is 33.8 Å². The monoisotopic (exact) mass is 337 g/mol. The van der Waals surface area contributed by atoms with Gasteiger partial charge in [-0.3, -0.25) is 0 Å². The highest BCUT2D eigenvalue weighted by atomic mass is 32.2. The molecule has 4 nitrogen and oxygen atoms in total. The van der Waals surface area contributed by atoms with Gasteiger partial charge >= 0.3 is 0 Å². The van der Waals surface area contributed by atoms with Gasteiger partial charge in [0.2, 0.25) is 0 Å². The Labute approximate surface area is 137 Å². The second-order valence-corrected chi connectivity index (χ2v) is 7.88. The van der Waals surface area contributed by atoms with E-state index in [2.05, 4.69) is 14.4 Å². The Hall–Kier alpha value is -1.86. The van der Waals surface area contributed by atoms with Crippen molar-refractivity contribution in [1.82, 2.24) is 9.97 Å². The minimum Gasteiger partial charge on any atom is -0.591 e. The fraction of sp³-hybridized carbons (Fsp3) is 0.312. The van der Waals surface area contributed by atoms with Crippen LogP contribution in [0, 0.1) is 11.6 Å². The highest BCUT2D eigenvalue weighted by Crippen LogP contribution is 2.26. The quantitative estimate of drug-likeness (QED) is 0.634. The molecule has 0 N–H and O–H groups in total. The van der Waals surface area contributed by atoms with Gasteiger partial charge < -0.3 is 4.55 Å². The summed E-state index contributed by atoms with van der Waals surface area (Å²) in [5, 5.41) is 0. The molecule has 1 aromatic heterocycles. The van der Waals surface area contributed by atoms with Crippen molar-refractivity contribution < 1.29 is 13.3 Å². The molecule has 0 amide bonds. The molecule has 1 heterocycles. The van der Waals surface area contributed by atoms with Crippen LogP contribution in [0.3, 0.4) is 0 Å². The van der Waals surface area contributed by atoms with Crippen molar-refractivity contribution in [1.29, 1.82) is 0 Å². The van der Waals surface area contributed by atoms with Crippen LogP contribution >= 0.6 is 0 Å². The first kappa shape index (κ1) is 17.5. The Bertz CT molecular complexity index is 730. The fourth-order valence-corrected chi connectivity index (χ4v) is 2.42. The summed E-state index contributed by atoms with van der Waals surface area (Å²) in [7, 11) is 0. The first-order valence-electron chi connectivity index (χ1n) is 6.92. The molecule has 0 aliphatic carbocycles. The molecule has 1 unspecified atom stereocenters. The smallest absolute Gasteiger partial charge is 0.144 e. The minimum atomic E-state index is -1.53. The van der Waals surface area contributed by atoms with Gasteiger partial charge in [-0.2, -0.15) is 0 Å². The van der Waals surface area contributed by atoms with E-state index in [1.54, 1.807) is 27.7 Å². The van der Waals surface area contributed by atoms with E-state index in [4.69, 9.17) is 0 Å². The number of nitrogens with zero attached hydrogens (tertiary/aromatic N) is 3. The summed E-state index contributed by atoms with van der Waals surface area (Å²) in [5.74, 6) is -1.47. The van der Waals surface area contributed by atoms with Gasteiger partial charge in [0.05, 0.1) is 5.71 Å². The van der Waals surface area contributed by atoms with E-state index in [1.807, 2.05) is 0 Å². The summed E-state index contributed by atoms with van der Waals surface area (Å²) < 4.78 is 43.7. The van der Waals surface area contributed by atoms with E-state index >= 15 is 0 Å². The van der Waals surface area contributed by atoms with E-state index in [0.717, 1.165) is 6.07 Å². The predicted octanol–water partition coefficient (Wildman–Crippen LogP) is 3.69. The molecule has 1 atom stereocenters. The average molecular weight is 337 g/mol. The number of benzene rings is 1. The van der Waals surface area contributed by atoms with Gasteiger partial charge in [-0.1, -0.05) is 4.40 Å². The highest BCUT2D eigenvalue weighted by Gasteiger charge is 2.27. The minimum absolute atomic E-state index is 0.0999. The summed E-state index contributed by atoms with van der Waals surface area (Å²) in [5.41, 5.74) is 0.936. The summed E-state index contributed by atoms with van der Waals surface area (Å²) >= 11 is -1.53. The Balaban J connectivity index is 2.50. The summed E-state index contributed by atoms with van der Waals surface area (Å²) in [6.45, 7) is 6.86. The predicted molar refractivity (Wildman–Crippen MR) is 87.5 cm³/mol. The first-order valence-corrected chi connectivity index (χ1v) is 8.03. The zero-order chi connectivity index (χ0) is 17.2. The molecule has 23 heavy (non-hydrogen) atoms. The third-order valence-corrected chi connectivity index (χ3v) is 4.55. The van der Waals surface area contributed by atoms with Crippen molar-refractivity contribution in [2.75, 3.05) is 0 Å². The van der Waals surface area contributed by atoms with Crippen LogP contribution in [0.1, 0.15) is 33.3 Å². The van der Waals surface area contributed by atoms with Gasteiger partial charge in [0.1, 0.15) is 34.1 Å². The van der Waals surface area contributed by atoms with Crippen molar-refractivity contribution >= 4 is 17.1 Å². The molecule has 0 fully saturated rings. The van der Waals surface area contributed by atoms with E-state index < -0.39 is 27.7 Å². The average Bonchev–Trinajstić information content (AvgIpc) is 2.47. The second kappa shape index (κ2) is 6.72.